The molecule has 3 nitrogen and oxygen atoms in total. The van der Waals surface area contributed by atoms with Crippen LogP contribution in [0.25, 0.3) is 0 Å². The Labute approximate surface area is 109 Å². The average Bonchev–Trinajstić information content (AvgIpc) is 2.16. The van der Waals surface area contributed by atoms with Gasteiger partial charge in [0.1, 0.15) is 0 Å². The molecule has 0 saturated carbocycles. The van der Waals surface area contributed by atoms with E-state index in [1.54, 1.807) is 0 Å². The first-order valence-corrected chi connectivity index (χ1v) is 6.04. The van der Waals surface area contributed by atoms with E-state index in [4.69, 9.17) is 18.0 Å². The molecule has 1 aromatic rings. The molecular formula is C11H13BrN2OS. The van der Waals surface area contributed by atoms with Gasteiger partial charge in [-0.2, -0.15) is 0 Å². The quantitative estimate of drug-likeness (QED) is 0.841. The van der Waals surface area contributed by atoms with Gasteiger partial charge in [-0.05, 0) is 18.2 Å². The van der Waals surface area contributed by atoms with Crippen molar-refractivity contribution < 1.29 is 4.79 Å². The Morgan fingerprint density at radius 1 is 1.62 bits per heavy atom. The van der Waals surface area contributed by atoms with Gasteiger partial charge in [-0.25, -0.2) is 0 Å². The largest absolute Gasteiger partial charge is 0.393 e. The first-order chi connectivity index (χ1) is 7.49. The first-order valence-electron chi connectivity index (χ1n) is 4.84. The summed E-state index contributed by atoms with van der Waals surface area (Å²) < 4.78 is 0.924. The average molecular weight is 301 g/mol. The predicted octanol–water partition coefficient (Wildman–Crippen LogP) is 2.70. The maximum Gasteiger partial charge on any atom is 0.225 e. The van der Waals surface area contributed by atoms with Gasteiger partial charge in [-0.1, -0.05) is 41.1 Å². The summed E-state index contributed by atoms with van der Waals surface area (Å²) in [5, 5.41) is 2.78. The van der Waals surface area contributed by atoms with Crippen LogP contribution >= 0.6 is 28.1 Å². The molecule has 0 aliphatic heterocycles. The lowest BCUT2D eigenvalue weighted by molar-refractivity contribution is -0.116. The first kappa shape index (κ1) is 13.1. The van der Waals surface area contributed by atoms with E-state index in [1.807, 2.05) is 31.2 Å². The molecule has 0 spiro atoms. The highest BCUT2D eigenvalue weighted by molar-refractivity contribution is 9.10. The Hall–Kier alpha value is -0.940. The van der Waals surface area contributed by atoms with E-state index in [0.29, 0.717) is 11.4 Å². The number of rotatable bonds is 4. The van der Waals surface area contributed by atoms with E-state index in [1.165, 1.54) is 0 Å². The van der Waals surface area contributed by atoms with E-state index in [-0.39, 0.29) is 11.8 Å². The predicted molar refractivity (Wildman–Crippen MR) is 73.3 cm³/mol. The summed E-state index contributed by atoms with van der Waals surface area (Å²) in [5.41, 5.74) is 6.20. The molecule has 0 radical (unpaired) electrons. The number of nitrogens with two attached hydrogens (primary N) is 1. The second kappa shape index (κ2) is 5.96. The smallest absolute Gasteiger partial charge is 0.225 e. The fraction of sp³-hybridized carbons (Fsp3) is 0.273. The summed E-state index contributed by atoms with van der Waals surface area (Å²) in [4.78, 5) is 12.0. The van der Waals surface area contributed by atoms with Gasteiger partial charge in [0, 0.05) is 22.5 Å². The van der Waals surface area contributed by atoms with Crippen LogP contribution in [0.2, 0.25) is 0 Å². The number of hydrogen-bond donors (Lipinski definition) is 2. The number of anilines is 1. The van der Waals surface area contributed by atoms with Crippen LogP contribution in [0.5, 0.6) is 0 Å². The summed E-state index contributed by atoms with van der Waals surface area (Å²) in [6.45, 7) is 1.84. The minimum atomic E-state index is -0.0848. The monoisotopic (exact) mass is 300 g/mol. The zero-order valence-electron chi connectivity index (χ0n) is 8.87. The zero-order valence-corrected chi connectivity index (χ0v) is 11.3. The van der Waals surface area contributed by atoms with Gasteiger partial charge < -0.3 is 11.1 Å². The Kier molecular flexibility index (Phi) is 4.89. The van der Waals surface area contributed by atoms with Gasteiger partial charge >= 0.3 is 0 Å². The van der Waals surface area contributed by atoms with E-state index in [9.17, 15) is 4.79 Å². The van der Waals surface area contributed by atoms with Crippen LogP contribution in [0.3, 0.4) is 0 Å². The fourth-order valence-electron chi connectivity index (χ4n) is 1.16. The van der Waals surface area contributed by atoms with Crippen molar-refractivity contribution in [2.24, 2.45) is 11.7 Å². The molecule has 0 aliphatic rings. The van der Waals surface area contributed by atoms with Crippen molar-refractivity contribution in [3.8, 4) is 0 Å². The van der Waals surface area contributed by atoms with Gasteiger partial charge in [-0.3, -0.25) is 4.79 Å². The highest BCUT2D eigenvalue weighted by atomic mass is 79.9. The van der Waals surface area contributed by atoms with E-state index in [2.05, 4.69) is 21.2 Å². The Morgan fingerprint density at radius 2 is 2.31 bits per heavy atom. The molecule has 0 aromatic heterocycles. The van der Waals surface area contributed by atoms with Crippen LogP contribution in [-0.4, -0.2) is 10.9 Å². The normalized spacial score (nSPS) is 11.9. The van der Waals surface area contributed by atoms with E-state index >= 15 is 0 Å². The van der Waals surface area contributed by atoms with Gasteiger partial charge in [0.15, 0.2) is 0 Å². The van der Waals surface area contributed by atoms with Gasteiger partial charge in [0.25, 0.3) is 0 Å². The third kappa shape index (κ3) is 4.28. The molecular weight excluding hydrogens is 288 g/mol. The summed E-state index contributed by atoms with van der Waals surface area (Å²) in [5.74, 6) is -0.166. The standard InChI is InChI=1S/C11H13BrN2OS/c1-7(11(13)16)5-10(15)14-9-4-2-3-8(12)6-9/h2-4,6-7H,5H2,1H3,(H2,13,16)(H,14,15). The molecule has 1 unspecified atom stereocenters. The number of carbonyl (C=O) groups excluding carboxylic acids is 1. The number of amides is 1. The third-order valence-corrected chi connectivity index (χ3v) is 2.98. The summed E-state index contributed by atoms with van der Waals surface area (Å²) in [7, 11) is 0. The SMILES string of the molecule is CC(CC(=O)Nc1cccc(Br)c1)C(N)=S. The van der Waals surface area contributed by atoms with Gasteiger partial charge in [0.2, 0.25) is 5.91 Å². The molecule has 1 atom stereocenters. The third-order valence-electron chi connectivity index (χ3n) is 2.09. The van der Waals surface area contributed by atoms with E-state index < -0.39 is 0 Å². The fourth-order valence-corrected chi connectivity index (χ4v) is 1.64. The van der Waals surface area contributed by atoms with Gasteiger partial charge in [0.05, 0.1) is 4.99 Å². The van der Waals surface area contributed by atoms with Crippen molar-refractivity contribution in [2.45, 2.75) is 13.3 Å². The Bertz CT molecular complexity index is 409. The lowest BCUT2D eigenvalue weighted by Gasteiger charge is -2.10. The van der Waals surface area contributed by atoms with Crippen molar-refractivity contribution in [2.75, 3.05) is 5.32 Å². The van der Waals surface area contributed by atoms with Crippen LogP contribution in [0.1, 0.15) is 13.3 Å². The number of carbonyl (C=O) groups is 1. The molecule has 0 saturated heterocycles. The highest BCUT2D eigenvalue weighted by Crippen LogP contribution is 2.16. The lowest BCUT2D eigenvalue weighted by Crippen LogP contribution is -2.24. The molecule has 3 N–H and O–H groups in total. The van der Waals surface area contributed by atoms with Crippen LogP contribution in [-0.2, 0) is 4.79 Å². The number of thiocarbonyl (C=S) groups is 1. The van der Waals surface area contributed by atoms with Crippen LogP contribution in [0.15, 0.2) is 28.7 Å². The molecule has 1 amide bonds. The summed E-state index contributed by atoms with van der Waals surface area (Å²) >= 11 is 8.15. The Balaban J connectivity index is 2.55. The van der Waals surface area contributed by atoms with Gasteiger partial charge in [-0.15, -0.1) is 0 Å². The number of nitrogens with one attached hydrogen (secondary N) is 1. The maximum absolute atomic E-state index is 11.6. The summed E-state index contributed by atoms with van der Waals surface area (Å²) in [6.07, 6.45) is 0.307. The molecule has 86 valence electrons. The second-order valence-electron chi connectivity index (χ2n) is 3.57. The molecule has 1 rings (SSSR count). The van der Waals surface area contributed by atoms with Crippen molar-refractivity contribution in [1.82, 2.24) is 0 Å². The van der Waals surface area contributed by atoms with Crippen molar-refractivity contribution in [3.63, 3.8) is 0 Å². The van der Waals surface area contributed by atoms with Crippen molar-refractivity contribution in [1.29, 1.82) is 0 Å². The number of hydrogen-bond acceptors (Lipinski definition) is 2. The molecule has 16 heavy (non-hydrogen) atoms. The zero-order chi connectivity index (χ0) is 12.1. The summed E-state index contributed by atoms with van der Waals surface area (Å²) in [6, 6.07) is 7.42. The molecule has 0 fully saturated rings. The Morgan fingerprint density at radius 3 is 2.88 bits per heavy atom. The molecule has 0 aliphatic carbocycles. The molecule has 5 heteroatoms. The van der Waals surface area contributed by atoms with Crippen molar-refractivity contribution in [3.05, 3.63) is 28.7 Å². The maximum atomic E-state index is 11.6. The second-order valence-corrected chi connectivity index (χ2v) is 4.95. The minimum Gasteiger partial charge on any atom is -0.393 e. The van der Waals surface area contributed by atoms with E-state index in [0.717, 1.165) is 10.2 Å². The topological polar surface area (TPSA) is 55.1 Å². The van der Waals surface area contributed by atoms with Crippen LogP contribution < -0.4 is 11.1 Å². The lowest BCUT2D eigenvalue weighted by atomic mass is 10.1. The number of benzene rings is 1. The molecule has 0 heterocycles. The molecule has 1 aromatic carbocycles. The molecule has 0 bridgehead atoms. The minimum absolute atomic E-state index is 0.0813. The van der Waals surface area contributed by atoms with Crippen molar-refractivity contribution >= 4 is 44.7 Å². The number of halogens is 1. The highest BCUT2D eigenvalue weighted by Gasteiger charge is 2.11. The van der Waals surface area contributed by atoms with Crippen LogP contribution in [0, 0.1) is 5.92 Å². The van der Waals surface area contributed by atoms with Crippen LogP contribution in [0.4, 0.5) is 5.69 Å².